The Bertz CT molecular complexity index is 334. The molecule has 0 fully saturated rings. The monoisotopic (exact) mass is 300 g/mol. The summed E-state index contributed by atoms with van der Waals surface area (Å²) in [6.07, 6.45) is 1.12. The second kappa shape index (κ2) is 6.91. The highest BCUT2D eigenvalue weighted by atomic mass is 79.9. The quantitative estimate of drug-likeness (QED) is 0.755. The molecule has 5 heteroatoms. The molecule has 0 aliphatic carbocycles. The highest BCUT2D eigenvalue weighted by Crippen LogP contribution is 2.16. The topological polar surface area (TPSA) is 32.3 Å². The molecule has 0 aliphatic heterocycles. The Kier molecular flexibility index (Phi) is 5.85. The van der Waals surface area contributed by atoms with Crippen molar-refractivity contribution < 1.29 is 0 Å². The highest BCUT2D eigenvalue weighted by molar-refractivity contribution is 9.10. The third-order valence-electron chi connectivity index (χ3n) is 2.43. The summed E-state index contributed by atoms with van der Waals surface area (Å²) in [5, 5.41) is 0. The van der Waals surface area contributed by atoms with Crippen LogP contribution in [0.25, 0.3) is 0 Å². The zero-order valence-corrected chi connectivity index (χ0v) is 12.7. The van der Waals surface area contributed by atoms with Crippen LogP contribution in [0.5, 0.6) is 0 Å². The van der Waals surface area contributed by atoms with Crippen molar-refractivity contribution in [2.75, 3.05) is 38.6 Å². The van der Waals surface area contributed by atoms with Gasteiger partial charge in [0.15, 0.2) is 0 Å². The Morgan fingerprint density at radius 1 is 1.18 bits per heavy atom. The van der Waals surface area contributed by atoms with Crippen molar-refractivity contribution in [3.05, 3.63) is 16.5 Å². The molecule has 4 nitrogen and oxygen atoms in total. The minimum absolute atomic E-state index is 0.806. The van der Waals surface area contributed by atoms with Gasteiger partial charge >= 0.3 is 0 Å². The average molecular weight is 301 g/mol. The second-order valence-corrected chi connectivity index (χ2v) is 5.20. The molecule has 17 heavy (non-hydrogen) atoms. The number of hydrogen-bond acceptors (Lipinski definition) is 4. The van der Waals surface area contributed by atoms with Crippen LogP contribution in [0.15, 0.2) is 10.7 Å². The molecule has 1 aromatic heterocycles. The predicted molar refractivity (Wildman–Crippen MR) is 75.5 cm³/mol. The van der Waals surface area contributed by atoms with Gasteiger partial charge in [-0.15, -0.1) is 0 Å². The smallest absolute Gasteiger partial charge is 0.133 e. The van der Waals surface area contributed by atoms with E-state index in [1.807, 2.05) is 13.0 Å². The van der Waals surface area contributed by atoms with Gasteiger partial charge < -0.3 is 9.80 Å². The average Bonchev–Trinajstić information content (AvgIpc) is 2.22. The maximum absolute atomic E-state index is 4.50. The molecule has 0 amide bonds. The van der Waals surface area contributed by atoms with E-state index in [-0.39, 0.29) is 0 Å². The Morgan fingerprint density at radius 2 is 1.88 bits per heavy atom. The summed E-state index contributed by atoms with van der Waals surface area (Å²) in [6, 6.07) is 1.98. The van der Waals surface area contributed by atoms with Crippen LogP contribution >= 0.6 is 15.9 Å². The summed E-state index contributed by atoms with van der Waals surface area (Å²) < 4.78 is 0.853. The van der Waals surface area contributed by atoms with Gasteiger partial charge in [-0.1, -0.05) is 6.92 Å². The van der Waals surface area contributed by atoms with E-state index >= 15 is 0 Å². The fraction of sp³-hybridized carbons (Fsp3) is 0.667. The van der Waals surface area contributed by atoms with E-state index in [1.165, 1.54) is 0 Å². The van der Waals surface area contributed by atoms with Gasteiger partial charge in [-0.3, -0.25) is 0 Å². The Hall–Kier alpha value is -0.680. The zero-order valence-electron chi connectivity index (χ0n) is 11.1. The van der Waals surface area contributed by atoms with Crippen molar-refractivity contribution in [1.82, 2.24) is 14.9 Å². The van der Waals surface area contributed by atoms with E-state index < -0.39 is 0 Å². The number of rotatable bonds is 6. The van der Waals surface area contributed by atoms with Gasteiger partial charge in [-0.25, -0.2) is 9.97 Å². The first-order valence-electron chi connectivity index (χ1n) is 5.93. The number of aryl methyl sites for hydroxylation is 1. The van der Waals surface area contributed by atoms with Crippen molar-refractivity contribution in [1.29, 1.82) is 0 Å². The lowest BCUT2D eigenvalue weighted by atomic mass is 10.3. The van der Waals surface area contributed by atoms with Crippen molar-refractivity contribution in [3.63, 3.8) is 0 Å². The summed E-state index contributed by atoms with van der Waals surface area (Å²) in [4.78, 5) is 13.2. The number of aromatic nitrogens is 2. The molecule has 0 bridgehead atoms. The molecule has 1 heterocycles. The molecular formula is C12H21BrN4. The predicted octanol–water partition coefficient (Wildman–Crippen LogP) is 2.33. The van der Waals surface area contributed by atoms with Crippen LogP contribution in [0, 0.1) is 6.92 Å². The summed E-state index contributed by atoms with van der Waals surface area (Å²) in [6.45, 7) is 7.15. The van der Waals surface area contributed by atoms with E-state index in [0.29, 0.717) is 0 Å². The summed E-state index contributed by atoms with van der Waals surface area (Å²) in [7, 11) is 4.18. The van der Waals surface area contributed by atoms with E-state index in [1.54, 1.807) is 0 Å². The Balaban J connectivity index is 2.80. The normalized spacial score (nSPS) is 10.9. The van der Waals surface area contributed by atoms with Crippen LogP contribution in [-0.4, -0.2) is 48.6 Å². The third-order valence-corrected chi connectivity index (χ3v) is 2.83. The third kappa shape index (κ3) is 5.00. The molecule has 96 valence electrons. The first-order chi connectivity index (χ1) is 8.02. The summed E-state index contributed by atoms with van der Waals surface area (Å²) in [5.74, 6) is 1.81. The van der Waals surface area contributed by atoms with Crippen LogP contribution in [0.2, 0.25) is 0 Å². The van der Waals surface area contributed by atoms with Gasteiger partial charge in [0.25, 0.3) is 0 Å². The van der Waals surface area contributed by atoms with E-state index in [4.69, 9.17) is 0 Å². The Morgan fingerprint density at radius 3 is 2.41 bits per heavy atom. The number of halogens is 1. The van der Waals surface area contributed by atoms with Gasteiger partial charge in [0.2, 0.25) is 0 Å². The standard InChI is InChI=1S/C12H21BrN4/c1-5-6-17(8-7-16(3)4)12-9-11(13)14-10(2)15-12/h9H,5-8H2,1-4H3. The highest BCUT2D eigenvalue weighted by Gasteiger charge is 2.09. The molecule has 0 radical (unpaired) electrons. The molecule has 0 atom stereocenters. The number of likely N-dealkylation sites (N-methyl/N-ethyl adjacent to an activating group) is 1. The molecule has 0 saturated carbocycles. The first kappa shape index (κ1) is 14.4. The molecule has 1 aromatic rings. The van der Waals surface area contributed by atoms with E-state index in [2.05, 4.69) is 56.7 Å². The molecule has 0 N–H and O–H groups in total. The van der Waals surface area contributed by atoms with Crippen molar-refractivity contribution >= 4 is 21.7 Å². The van der Waals surface area contributed by atoms with Gasteiger partial charge in [-0.2, -0.15) is 0 Å². The number of nitrogens with zero attached hydrogens (tertiary/aromatic N) is 4. The number of anilines is 1. The maximum Gasteiger partial charge on any atom is 0.133 e. The number of hydrogen-bond donors (Lipinski definition) is 0. The lowest BCUT2D eigenvalue weighted by Gasteiger charge is -2.25. The van der Waals surface area contributed by atoms with Gasteiger partial charge in [0.1, 0.15) is 16.2 Å². The lowest BCUT2D eigenvalue weighted by Crippen LogP contribution is -2.33. The van der Waals surface area contributed by atoms with Crippen LogP contribution in [0.3, 0.4) is 0 Å². The molecule has 0 unspecified atom stereocenters. The van der Waals surface area contributed by atoms with Gasteiger partial charge in [-0.05, 0) is 43.4 Å². The minimum atomic E-state index is 0.806. The lowest BCUT2D eigenvalue weighted by molar-refractivity contribution is 0.412. The fourth-order valence-corrected chi connectivity index (χ4v) is 2.07. The van der Waals surface area contributed by atoms with Crippen LogP contribution in [0.4, 0.5) is 5.82 Å². The molecular weight excluding hydrogens is 280 g/mol. The Labute approximate surface area is 112 Å². The van der Waals surface area contributed by atoms with Crippen molar-refractivity contribution in [2.45, 2.75) is 20.3 Å². The first-order valence-corrected chi connectivity index (χ1v) is 6.73. The second-order valence-electron chi connectivity index (χ2n) is 4.39. The van der Waals surface area contributed by atoms with Crippen LogP contribution in [0.1, 0.15) is 19.2 Å². The SMILES string of the molecule is CCCN(CCN(C)C)c1cc(Br)nc(C)n1. The molecule has 0 spiro atoms. The molecule has 0 aromatic carbocycles. The van der Waals surface area contributed by atoms with Crippen molar-refractivity contribution in [3.8, 4) is 0 Å². The zero-order chi connectivity index (χ0) is 12.8. The molecule has 0 saturated heterocycles. The van der Waals surface area contributed by atoms with Gasteiger partial charge in [0, 0.05) is 25.7 Å². The van der Waals surface area contributed by atoms with Gasteiger partial charge in [0.05, 0.1) is 0 Å². The van der Waals surface area contributed by atoms with Crippen molar-refractivity contribution in [2.24, 2.45) is 0 Å². The van der Waals surface area contributed by atoms with E-state index in [0.717, 1.165) is 42.3 Å². The summed E-state index contributed by atoms with van der Waals surface area (Å²) in [5.41, 5.74) is 0. The molecule has 1 rings (SSSR count). The minimum Gasteiger partial charge on any atom is -0.355 e. The van der Waals surface area contributed by atoms with E-state index in [9.17, 15) is 0 Å². The largest absolute Gasteiger partial charge is 0.355 e. The van der Waals surface area contributed by atoms with Crippen LogP contribution < -0.4 is 4.90 Å². The summed E-state index contributed by atoms with van der Waals surface area (Å²) >= 11 is 3.42. The maximum atomic E-state index is 4.50. The fourth-order valence-electron chi connectivity index (χ4n) is 1.61. The molecule has 0 aliphatic rings. The van der Waals surface area contributed by atoms with Crippen LogP contribution in [-0.2, 0) is 0 Å².